The fourth-order valence-electron chi connectivity index (χ4n) is 3.12. The number of carbonyl (C=O) groups is 1. The number of halogens is 1. The minimum atomic E-state index is -2.75. The van der Waals surface area contributed by atoms with Crippen molar-refractivity contribution in [3.05, 3.63) is 82.2 Å². The van der Waals surface area contributed by atoms with Gasteiger partial charge in [0, 0.05) is 15.8 Å². The van der Waals surface area contributed by atoms with Crippen molar-refractivity contribution in [1.29, 1.82) is 0 Å². The van der Waals surface area contributed by atoms with Crippen LogP contribution in [0.3, 0.4) is 0 Å². The molecule has 0 aliphatic heterocycles. The standard InChI is InChI=1S/C11H11NO5S.C10H7ClS/c13-6-7-2-1-3-8(4-7)9-5-11(9,10(14)15)12-18(16)17;11-9-5-3-8(4-6-9)10-2-1-7-12-10/h1-4,9,13H,5-6H2,(H,14,15);1-7H/t9-,11+;/m0./s1. The zero-order chi connectivity index (χ0) is 21.7. The molecule has 1 aliphatic rings. The number of benzene rings is 2. The Hall–Kier alpha value is -2.52. The molecule has 4 rings (SSSR count). The number of aliphatic carboxylic acids is 1. The highest BCUT2D eigenvalue weighted by Gasteiger charge is 2.62. The second-order valence-electron chi connectivity index (χ2n) is 6.68. The van der Waals surface area contributed by atoms with E-state index in [2.05, 4.69) is 21.9 Å². The average Bonchev–Trinajstić information content (AvgIpc) is 3.19. The van der Waals surface area contributed by atoms with E-state index >= 15 is 0 Å². The summed E-state index contributed by atoms with van der Waals surface area (Å²) in [6.07, 6.45) is 0.158. The van der Waals surface area contributed by atoms with Gasteiger partial charge in [0.2, 0.25) is 0 Å². The van der Waals surface area contributed by atoms with Gasteiger partial charge in [0.1, 0.15) is 0 Å². The maximum atomic E-state index is 11.1. The third-order valence-corrected chi connectivity index (χ3v) is 6.37. The average molecular weight is 464 g/mol. The Morgan fingerprint density at radius 3 is 2.47 bits per heavy atom. The fraction of sp³-hybridized carbons (Fsp3) is 0.190. The molecule has 1 aliphatic carbocycles. The lowest BCUT2D eigenvalue weighted by Crippen LogP contribution is -2.21. The first kappa shape index (κ1) is 22.2. The van der Waals surface area contributed by atoms with Crippen LogP contribution < -0.4 is 0 Å². The molecule has 156 valence electrons. The molecule has 6 nitrogen and oxygen atoms in total. The van der Waals surface area contributed by atoms with Crippen molar-refractivity contribution in [3.63, 3.8) is 0 Å². The Morgan fingerprint density at radius 2 is 1.90 bits per heavy atom. The van der Waals surface area contributed by atoms with E-state index < -0.39 is 27.9 Å². The smallest absolute Gasteiger partial charge is 0.333 e. The molecule has 0 bridgehead atoms. The van der Waals surface area contributed by atoms with Gasteiger partial charge in [-0.05, 0) is 46.7 Å². The van der Waals surface area contributed by atoms with Gasteiger partial charge in [0.15, 0.2) is 5.54 Å². The van der Waals surface area contributed by atoms with E-state index in [-0.39, 0.29) is 13.0 Å². The summed E-state index contributed by atoms with van der Waals surface area (Å²) >= 11 is 7.52. The first-order valence-electron chi connectivity index (χ1n) is 8.90. The van der Waals surface area contributed by atoms with Crippen molar-refractivity contribution in [1.82, 2.24) is 0 Å². The molecule has 2 atom stereocenters. The Bertz CT molecular complexity index is 1150. The van der Waals surface area contributed by atoms with Crippen molar-refractivity contribution in [2.75, 3.05) is 0 Å². The number of hydrogen-bond acceptors (Lipinski definition) is 6. The van der Waals surface area contributed by atoms with E-state index in [4.69, 9.17) is 21.8 Å². The quantitative estimate of drug-likeness (QED) is 0.574. The van der Waals surface area contributed by atoms with Gasteiger partial charge >= 0.3 is 16.5 Å². The minimum absolute atomic E-state index is 0.148. The number of aliphatic hydroxyl groups excluding tert-OH is 1. The molecule has 0 saturated heterocycles. The molecule has 2 N–H and O–H groups in total. The molecule has 1 fully saturated rings. The molecule has 9 heteroatoms. The molecule has 30 heavy (non-hydrogen) atoms. The van der Waals surface area contributed by atoms with Gasteiger partial charge in [-0.25, -0.2) is 4.79 Å². The van der Waals surface area contributed by atoms with Gasteiger partial charge in [0.25, 0.3) is 0 Å². The fourth-order valence-corrected chi connectivity index (χ4v) is 4.53. The van der Waals surface area contributed by atoms with Crippen LogP contribution in [0.15, 0.2) is 70.4 Å². The Morgan fingerprint density at radius 1 is 1.17 bits per heavy atom. The van der Waals surface area contributed by atoms with E-state index in [1.807, 2.05) is 24.3 Å². The molecule has 1 saturated carbocycles. The van der Waals surface area contributed by atoms with E-state index in [1.54, 1.807) is 35.6 Å². The number of carboxylic acids is 1. The summed E-state index contributed by atoms with van der Waals surface area (Å²) in [5, 5.41) is 21.0. The van der Waals surface area contributed by atoms with Crippen molar-refractivity contribution >= 4 is 39.4 Å². The van der Waals surface area contributed by atoms with Crippen molar-refractivity contribution in [2.24, 2.45) is 4.36 Å². The van der Waals surface area contributed by atoms with Crippen LogP contribution in [-0.4, -0.2) is 30.1 Å². The lowest BCUT2D eigenvalue weighted by Gasteiger charge is -2.05. The van der Waals surface area contributed by atoms with Crippen LogP contribution in [0.2, 0.25) is 5.02 Å². The topological polar surface area (TPSA) is 104 Å². The van der Waals surface area contributed by atoms with Crippen molar-refractivity contribution in [2.45, 2.75) is 24.5 Å². The predicted molar refractivity (Wildman–Crippen MR) is 116 cm³/mol. The Labute approximate surface area is 184 Å². The summed E-state index contributed by atoms with van der Waals surface area (Å²) in [6, 6.07) is 18.8. The number of hydrogen-bond donors (Lipinski definition) is 2. The predicted octanol–water partition coefficient (Wildman–Crippen LogP) is 4.62. The second kappa shape index (κ2) is 9.53. The summed E-state index contributed by atoms with van der Waals surface area (Å²) in [5.74, 6) is -1.70. The molecule has 2 aromatic carbocycles. The number of nitrogens with zero attached hydrogens (tertiary/aromatic N) is 1. The molecule has 3 aromatic rings. The van der Waals surface area contributed by atoms with E-state index in [9.17, 15) is 13.2 Å². The van der Waals surface area contributed by atoms with E-state index in [0.717, 1.165) is 5.02 Å². The minimum Gasteiger partial charge on any atom is -0.479 e. The summed E-state index contributed by atoms with van der Waals surface area (Å²) in [4.78, 5) is 12.4. The van der Waals surface area contributed by atoms with Gasteiger partial charge < -0.3 is 10.2 Å². The normalized spacial score (nSPS) is 19.3. The highest BCUT2D eigenvalue weighted by Crippen LogP contribution is 2.54. The van der Waals surface area contributed by atoms with Gasteiger partial charge in [-0.2, -0.15) is 12.8 Å². The SMILES string of the molecule is Clc1ccc(-c2cccs2)cc1.O=C(O)[C@@]1(N=S(=O)=O)C[C@H]1c1cccc(CO)c1. The second-order valence-corrected chi connectivity index (χ2v) is 8.68. The molecular weight excluding hydrogens is 446 g/mol. The summed E-state index contributed by atoms with van der Waals surface area (Å²) in [7, 11) is -2.75. The summed E-state index contributed by atoms with van der Waals surface area (Å²) in [6.45, 7) is -0.148. The number of thiophene rings is 1. The largest absolute Gasteiger partial charge is 0.479 e. The van der Waals surface area contributed by atoms with Gasteiger partial charge in [-0.1, -0.05) is 54.1 Å². The van der Waals surface area contributed by atoms with Crippen LogP contribution in [0.25, 0.3) is 10.4 Å². The monoisotopic (exact) mass is 463 g/mol. The number of rotatable bonds is 5. The molecule has 0 amide bonds. The zero-order valence-corrected chi connectivity index (χ0v) is 18.0. The number of carboxylic acid groups (broad SMARTS) is 1. The third-order valence-electron chi connectivity index (χ3n) is 4.73. The first-order valence-corrected chi connectivity index (χ1v) is 11.2. The maximum absolute atomic E-state index is 11.1. The molecule has 1 aromatic heterocycles. The summed E-state index contributed by atoms with van der Waals surface area (Å²) < 4.78 is 24.5. The highest BCUT2D eigenvalue weighted by molar-refractivity contribution is 7.61. The van der Waals surface area contributed by atoms with Crippen LogP contribution in [0, 0.1) is 0 Å². The molecule has 1 heterocycles. The molecular formula is C21H18ClNO5S2. The van der Waals surface area contributed by atoms with E-state index in [0.29, 0.717) is 11.1 Å². The van der Waals surface area contributed by atoms with Crippen LogP contribution in [0.1, 0.15) is 23.5 Å². The highest BCUT2D eigenvalue weighted by atomic mass is 35.5. The van der Waals surface area contributed by atoms with Gasteiger partial charge in [-0.3, -0.25) is 0 Å². The van der Waals surface area contributed by atoms with Crippen LogP contribution >= 0.6 is 22.9 Å². The van der Waals surface area contributed by atoms with Crippen LogP contribution in [0.5, 0.6) is 0 Å². The Balaban J connectivity index is 0.000000184. The lowest BCUT2D eigenvalue weighted by atomic mass is 10.0. The lowest BCUT2D eigenvalue weighted by molar-refractivity contribution is -0.139. The van der Waals surface area contributed by atoms with Crippen LogP contribution in [-0.2, 0) is 21.9 Å². The zero-order valence-electron chi connectivity index (χ0n) is 15.6. The molecule has 0 spiro atoms. The van der Waals surface area contributed by atoms with Crippen LogP contribution in [0.4, 0.5) is 0 Å². The molecule has 0 unspecified atom stereocenters. The van der Waals surface area contributed by atoms with Gasteiger partial charge in [-0.15, -0.1) is 11.3 Å². The summed E-state index contributed by atoms with van der Waals surface area (Å²) in [5.41, 5.74) is 0.996. The van der Waals surface area contributed by atoms with Crippen molar-refractivity contribution in [3.8, 4) is 10.4 Å². The molecule has 0 radical (unpaired) electrons. The first-order chi connectivity index (χ1) is 14.4. The van der Waals surface area contributed by atoms with E-state index in [1.165, 1.54) is 10.4 Å². The Kier molecular flexibility index (Phi) is 7.04. The number of aliphatic hydroxyl groups is 1. The van der Waals surface area contributed by atoms with Crippen molar-refractivity contribution < 1.29 is 23.4 Å². The third kappa shape index (κ3) is 5.14. The van der Waals surface area contributed by atoms with Gasteiger partial charge in [0.05, 0.1) is 6.61 Å². The maximum Gasteiger partial charge on any atom is 0.333 e.